The van der Waals surface area contributed by atoms with Crippen molar-refractivity contribution in [1.82, 2.24) is 78.5 Å². The molecule has 620 valence electrons. The Morgan fingerprint density at radius 3 is 1.25 bits per heavy atom. The first-order valence-corrected chi connectivity index (χ1v) is 47.5. The summed E-state index contributed by atoms with van der Waals surface area (Å²) in [6.45, 7) is 22.1. The van der Waals surface area contributed by atoms with E-state index in [-0.39, 0.29) is 113 Å². The quantitative estimate of drug-likeness (QED) is 0.00662. The largest absolute Gasteiger partial charge is 0.463 e. The average Bonchev–Trinajstić information content (AvgIpc) is 1.68. The lowest BCUT2D eigenvalue weighted by Gasteiger charge is -2.09. The molecule has 0 radical (unpaired) electrons. The molecular weight excluding hydrogens is 1610 g/mol. The average molecular weight is 1710 g/mol. The fraction of sp³-hybridized carbons (Fsp3) is 0.633. The van der Waals surface area contributed by atoms with E-state index >= 15 is 0 Å². The molecular formula is C60H104Cl3N22O20P5. The van der Waals surface area contributed by atoms with Gasteiger partial charge in [0.05, 0.1) is 110 Å². The van der Waals surface area contributed by atoms with Gasteiger partial charge >= 0.3 is 19.5 Å². The summed E-state index contributed by atoms with van der Waals surface area (Å²) < 4.78 is 110. The van der Waals surface area contributed by atoms with Crippen LogP contribution in [0.1, 0.15) is 47.0 Å². The molecule has 14 N–H and O–H groups in total. The van der Waals surface area contributed by atoms with E-state index in [1.165, 1.54) is 20.2 Å². The molecule has 2 saturated carbocycles. The van der Waals surface area contributed by atoms with Gasteiger partial charge in [-0.15, -0.1) is 0 Å². The number of aromatic nitrogens is 16. The van der Waals surface area contributed by atoms with Crippen molar-refractivity contribution in [3.05, 3.63) is 35.6 Å². The molecule has 3 aliphatic rings. The second kappa shape index (κ2) is 49.2. The number of halogens is 3. The highest BCUT2D eigenvalue weighted by molar-refractivity contribution is 7.63. The van der Waals surface area contributed by atoms with Crippen LogP contribution >= 0.6 is 71.0 Å². The van der Waals surface area contributed by atoms with Gasteiger partial charge in [0.25, 0.3) is 0 Å². The zero-order chi connectivity index (χ0) is 81.0. The number of esters is 2. The number of nitrogens with zero attached hydrogens (tertiary/aromatic N) is 15. The maximum atomic E-state index is 11.6. The summed E-state index contributed by atoms with van der Waals surface area (Å²) in [6.07, 6.45) is 11.3. The summed E-state index contributed by atoms with van der Waals surface area (Å²) in [7, 11) is -12.6. The summed E-state index contributed by atoms with van der Waals surface area (Å²) in [4.78, 5) is 89.6. The lowest BCUT2D eigenvalue weighted by molar-refractivity contribution is -0.143. The van der Waals surface area contributed by atoms with E-state index in [9.17, 15) is 32.4 Å². The number of nitrogen functional groups attached to an aromatic ring is 4. The van der Waals surface area contributed by atoms with Gasteiger partial charge in [-0.3, -0.25) is 14.2 Å². The molecule has 110 heavy (non-hydrogen) atoms. The number of aromatic amines is 1. The number of anilines is 6. The Kier molecular flexibility index (Phi) is 43.7. The fourth-order valence-corrected chi connectivity index (χ4v) is 11.1. The Bertz CT molecular complexity index is 4210. The zero-order valence-electron chi connectivity index (χ0n) is 62.3. The van der Waals surface area contributed by atoms with Crippen LogP contribution in [0.2, 0.25) is 10.3 Å². The number of nitrogens with one attached hydrogen (secondary N) is 3. The third kappa shape index (κ3) is 43.0. The molecule has 8 aromatic rings. The molecule has 50 heteroatoms. The summed E-state index contributed by atoms with van der Waals surface area (Å²) in [5, 5.41) is 15.4. The zero-order valence-corrected chi connectivity index (χ0v) is 69.1. The van der Waals surface area contributed by atoms with Crippen molar-refractivity contribution >= 4 is 163 Å². The lowest BCUT2D eigenvalue weighted by atomic mass is 10.4. The van der Waals surface area contributed by atoms with Crippen molar-refractivity contribution in [2.75, 3.05) is 204 Å². The first-order chi connectivity index (χ1) is 51.2. The van der Waals surface area contributed by atoms with E-state index in [0.717, 1.165) is 44.4 Å². The van der Waals surface area contributed by atoms with Gasteiger partial charge in [0.1, 0.15) is 72.0 Å². The predicted octanol–water partition coefficient (Wildman–Crippen LogP) is 7.07. The molecule has 42 nitrogen and oxygen atoms in total. The van der Waals surface area contributed by atoms with E-state index in [2.05, 4.69) is 89.6 Å². The molecule has 0 aromatic carbocycles. The Labute approximate surface area is 651 Å². The van der Waals surface area contributed by atoms with Crippen molar-refractivity contribution in [3.63, 3.8) is 0 Å². The number of H-pyrrole nitrogens is 1. The minimum Gasteiger partial charge on any atom is -0.463 e. The molecule has 0 spiro atoms. The van der Waals surface area contributed by atoms with Crippen LogP contribution in [-0.4, -0.2) is 288 Å². The summed E-state index contributed by atoms with van der Waals surface area (Å²) in [6, 6.07) is 1.02. The van der Waals surface area contributed by atoms with Gasteiger partial charge in [0.15, 0.2) is 55.6 Å². The highest BCUT2D eigenvalue weighted by Gasteiger charge is 2.26. The van der Waals surface area contributed by atoms with Crippen LogP contribution < -0.4 is 33.6 Å². The van der Waals surface area contributed by atoms with Crippen molar-refractivity contribution in [1.29, 1.82) is 0 Å². The number of imidazole rings is 4. The number of hydrogen-bond acceptors (Lipinski definition) is 36. The van der Waals surface area contributed by atoms with Gasteiger partial charge < -0.3 is 133 Å². The second-order valence-corrected chi connectivity index (χ2v) is 41.5. The number of nitrogens with two attached hydrogens (primary N) is 4. The van der Waals surface area contributed by atoms with Crippen LogP contribution in [0.5, 0.6) is 0 Å². The van der Waals surface area contributed by atoms with E-state index in [1.807, 2.05) is 4.57 Å². The molecule has 11 rings (SSSR count). The van der Waals surface area contributed by atoms with Crippen LogP contribution in [0.25, 0.3) is 44.7 Å². The molecule has 1 saturated heterocycles. The molecule has 0 amide bonds. The molecule has 3 fully saturated rings. The normalized spacial score (nSPS) is 13.3. The van der Waals surface area contributed by atoms with E-state index in [4.69, 9.17) is 106 Å². The number of fused-ring (bicyclic) bond motifs is 4. The number of aliphatic hydroxyl groups excluding tert-OH is 1. The SMILES string of the molecule is C.C1COCO1.CC(=O)OCCOCCl.CC(=O)OCCOCP(C)(C)=O.CP(C)(=O)COCCO.CP(C)(=O)COCCn1cnc2c(Cl)nc(N)nc21.CP(C)(=O)COCCn1cnc2c(NC3CC3)nc(N)nc21.Nc1nc(Cl)c2[nH]cnc2n1.Nc1nc(NC2CC2)c2ncn(CCOCP(=O)(O)O)c2n1. The smallest absolute Gasteiger partial charge is 0.350 e. The highest BCUT2D eigenvalue weighted by Crippen LogP contribution is 2.38. The van der Waals surface area contributed by atoms with Gasteiger partial charge in [-0.05, 0) is 79.0 Å². The number of carbonyl (C=O) groups excluding carboxylic acids is 2. The number of rotatable bonds is 32. The Morgan fingerprint density at radius 2 is 0.882 bits per heavy atom. The van der Waals surface area contributed by atoms with Gasteiger partial charge in [-0.25, -0.2) is 19.9 Å². The first-order valence-electron chi connectivity index (χ1n) is 33.2. The van der Waals surface area contributed by atoms with Gasteiger partial charge in [0.2, 0.25) is 23.8 Å². The summed E-state index contributed by atoms with van der Waals surface area (Å²) in [5.74, 6) is 1.29. The summed E-state index contributed by atoms with van der Waals surface area (Å²) >= 11 is 16.8. The number of hydrogen-bond donors (Lipinski definition) is 10. The first kappa shape index (κ1) is 97.7. The Balaban J connectivity index is 0.000000337. The molecule has 0 bridgehead atoms. The van der Waals surface area contributed by atoms with E-state index in [1.54, 1.807) is 81.4 Å². The molecule has 8 aromatic heterocycles. The van der Waals surface area contributed by atoms with Crippen LogP contribution in [0.15, 0.2) is 25.3 Å². The molecule has 0 unspecified atom stereocenters. The molecule has 0 atom stereocenters. The van der Waals surface area contributed by atoms with Gasteiger partial charge in [-0.1, -0.05) is 42.2 Å². The predicted molar refractivity (Wildman–Crippen MR) is 423 cm³/mol. The number of carbonyl (C=O) groups is 2. The fourth-order valence-electron chi connectivity index (χ4n) is 7.91. The van der Waals surface area contributed by atoms with Gasteiger partial charge in [-0.2, -0.15) is 39.9 Å². The molecule has 2 aliphatic carbocycles. The minimum absolute atomic E-state index is 0. The van der Waals surface area contributed by atoms with Crippen LogP contribution in [0.3, 0.4) is 0 Å². The monoisotopic (exact) mass is 1710 g/mol. The summed E-state index contributed by atoms with van der Waals surface area (Å²) in [5.41, 5.74) is 27.2. The Hall–Kier alpha value is -6.48. The lowest BCUT2D eigenvalue weighted by Crippen LogP contribution is -2.09. The number of ether oxygens (including phenoxy) is 10. The maximum absolute atomic E-state index is 11.6. The van der Waals surface area contributed by atoms with Crippen molar-refractivity contribution in [3.8, 4) is 0 Å². The maximum Gasteiger partial charge on any atom is 0.350 e. The third-order valence-corrected chi connectivity index (χ3v) is 17.1. The van der Waals surface area contributed by atoms with Crippen LogP contribution in [0, 0.1) is 0 Å². The van der Waals surface area contributed by atoms with Crippen LogP contribution in [-0.2, 0) is 99.4 Å². The van der Waals surface area contributed by atoms with Crippen LogP contribution in [0.4, 0.5) is 35.4 Å². The molecule has 9 heterocycles. The second-order valence-electron chi connectivity index (χ2n) is 25.4. The highest BCUT2D eigenvalue weighted by atomic mass is 35.5. The van der Waals surface area contributed by atoms with Crippen molar-refractivity contribution in [2.24, 2.45) is 0 Å². The Morgan fingerprint density at radius 1 is 0.518 bits per heavy atom. The third-order valence-electron chi connectivity index (χ3n) is 12.7. The standard InChI is InChI=1S/C13H21N6O2P.C11H17N6O4P.C10H15ClN5O2P.C7H15O4P.C5H4ClN5.C5H9ClO3.C5H13O3P.C3H6O2.CH4/c1-22(2,20)8-21-6-5-19-7-15-10-11(16-9-3-4-9)17-13(14)18-12(10)19;12-11-15-9(14-7-1-2-7)8-10(16-11)17(5-13-8)3-4-21-6-22(18,19)20;1-19(2,17)6-18-4-3-16-5-13-7-8(11)14-10(12)15-9(7)16;1-7(8)11-5-4-10-6-12(2,3)9;6-3-2-4(9-1-8-2)11-5(7)10-3;1-5(7)9-3-2-8-4-6;1-9(2,7)5-8-4-3-6;1-2-5-3-4-1;/h7,9H,3-6,8H2,1-2H3,(H3,14,16,17,18);5,7H,1-4,6H2,(H2,18,19,20)(H3,12,14,15,16);5H,3-4,6H2,1-2H3,(H2,12,14,15);4-6H2,1-3H3;1H,(H3,7,8,9,10,11);2-4H2,1H3;6H,3-5H2,1-2H3;1-3H2;1H4. The van der Waals surface area contributed by atoms with E-state index in [0.29, 0.717) is 121 Å². The van der Waals surface area contributed by atoms with Crippen molar-refractivity contribution < 1.29 is 94.7 Å². The van der Waals surface area contributed by atoms with Gasteiger partial charge in [0, 0.05) is 45.6 Å². The van der Waals surface area contributed by atoms with E-state index < -0.39 is 42.5 Å². The van der Waals surface area contributed by atoms with Crippen molar-refractivity contribution in [2.45, 2.75) is 78.7 Å². The minimum atomic E-state index is -4.15. The number of aliphatic hydroxyl groups is 1. The molecule has 1 aliphatic heterocycles. The topological polar surface area (TPSA) is 586 Å². The number of alkyl halides is 1.